The predicted molar refractivity (Wildman–Crippen MR) is 74.0 cm³/mol. The summed E-state index contributed by atoms with van der Waals surface area (Å²) in [6.07, 6.45) is 2.30. The summed E-state index contributed by atoms with van der Waals surface area (Å²) in [5.41, 5.74) is 1.31. The molecular formula is C13H14ClN3O3. The topological polar surface area (TPSA) is 77.2 Å². The van der Waals surface area contributed by atoms with Crippen LogP contribution < -0.4 is 10.1 Å². The maximum atomic E-state index is 11.9. The quantitative estimate of drug-likeness (QED) is 0.917. The molecule has 7 heteroatoms. The first kappa shape index (κ1) is 14.3. The van der Waals surface area contributed by atoms with E-state index in [4.69, 9.17) is 20.9 Å². The molecule has 2 aromatic rings. The van der Waals surface area contributed by atoms with Crippen LogP contribution in [0.15, 0.2) is 22.9 Å². The van der Waals surface area contributed by atoms with E-state index in [1.807, 2.05) is 6.92 Å². The lowest BCUT2D eigenvalue weighted by Crippen LogP contribution is -2.13. The van der Waals surface area contributed by atoms with Crippen molar-refractivity contribution >= 4 is 23.2 Å². The number of aryl methyl sites for hydroxylation is 2. The van der Waals surface area contributed by atoms with Gasteiger partial charge in [-0.2, -0.15) is 0 Å². The minimum atomic E-state index is -0.151. The van der Waals surface area contributed by atoms with Crippen LogP contribution in [-0.4, -0.2) is 23.2 Å². The number of carbonyl (C=O) groups excluding carboxylic acids is 1. The van der Waals surface area contributed by atoms with Crippen LogP contribution in [0.4, 0.5) is 5.69 Å². The van der Waals surface area contributed by atoms with Gasteiger partial charge in [0.25, 0.3) is 0 Å². The van der Waals surface area contributed by atoms with E-state index in [1.54, 1.807) is 18.3 Å². The van der Waals surface area contributed by atoms with E-state index in [-0.39, 0.29) is 17.5 Å². The molecule has 0 aliphatic carbocycles. The summed E-state index contributed by atoms with van der Waals surface area (Å²) in [6, 6.07) is 3.28. The minimum Gasteiger partial charge on any atom is -0.493 e. The molecule has 2 heterocycles. The fourth-order valence-corrected chi connectivity index (χ4v) is 1.92. The Balaban J connectivity index is 1.96. The van der Waals surface area contributed by atoms with Gasteiger partial charge in [-0.3, -0.25) is 9.78 Å². The zero-order chi connectivity index (χ0) is 14.5. The lowest BCUT2D eigenvalue weighted by atomic mass is 10.2. The SMILES string of the molecule is COc1c(NC(=O)CCc2cc(Cl)no2)ccnc1C. The highest BCUT2D eigenvalue weighted by Crippen LogP contribution is 2.26. The first-order chi connectivity index (χ1) is 9.60. The second kappa shape index (κ2) is 6.38. The second-order valence-corrected chi connectivity index (χ2v) is 4.53. The van der Waals surface area contributed by atoms with Gasteiger partial charge in [0.1, 0.15) is 5.76 Å². The molecule has 0 aliphatic rings. The molecule has 1 amide bonds. The lowest BCUT2D eigenvalue weighted by Gasteiger charge is -2.11. The van der Waals surface area contributed by atoms with Crippen molar-refractivity contribution in [3.05, 3.63) is 34.9 Å². The minimum absolute atomic E-state index is 0.151. The second-order valence-electron chi connectivity index (χ2n) is 4.14. The van der Waals surface area contributed by atoms with Crippen LogP contribution in [0.3, 0.4) is 0 Å². The molecule has 0 aliphatic heterocycles. The number of carbonyl (C=O) groups is 1. The Morgan fingerprint density at radius 2 is 2.35 bits per heavy atom. The Kier molecular flexibility index (Phi) is 4.57. The van der Waals surface area contributed by atoms with E-state index in [0.717, 1.165) is 0 Å². The molecule has 0 unspecified atom stereocenters. The van der Waals surface area contributed by atoms with Crippen LogP contribution in [0.1, 0.15) is 17.9 Å². The third-order valence-corrected chi connectivity index (χ3v) is 2.87. The Hall–Kier alpha value is -2.08. The van der Waals surface area contributed by atoms with Gasteiger partial charge in [-0.25, -0.2) is 0 Å². The molecule has 0 radical (unpaired) electrons. The van der Waals surface area contributed by atoms with E-state index in [0.29, 0.717) is 29.3 Å². The molecular weight excluding hydrogens is 282 g/mol. The summed E-state index contributed by atoms with van der Waals surface area (Å²) in [4.78, 5) is 16.0. The Morgan fingerprint density at radius 1 is 1.55 bits per heavy atom. The molecule has 1 N–H and O–H groups in total. The Labute approximate surface area is 121 Å². The van der Waals surface area contributed by atoms with E-state index in [2.05, 4.69) is 15.5 Å². The Morgan fingerprint density at radius 3 is 3.00 bits per heavy atom. The zero-order valence-electron chi connectivity index (χ0n) is 11.1. The van der Waals surface area contributed by atoms with Crippen LogP contribution in [0.5, 0.6) is 5.75 Å². The Bertz CT molecular complexity index is 613. The van der Waals surface area contributed by atoms with Gasteiger partial charge in [-0.05, 0) is 13.0 Å². The molecule has 0 saturated carbocycles. The summed E-state index contributed by atoms with van der Waals surface area (Å²) in [6.45, 7) is 1.81. The predicted octanol–water partition coefficient (Wildman–Crippen LogP) is 2.61. The monoisotopic (exact) mass is 295 g/mol. The van der Waals surface area contributed by atoms with Gasteiger partial charge in [0.2, 0.25) is 5.91 Å². The van der Waals surface area contributed by atoms with Crippen LogP contribution in [0, 0.1) is 6.92 Å². The average Bonchev–Trinajstić information content (AvgIpc) is 2.83. The third-order valence-electron chi connectivity index (χ3n) is 2.69. The van der Waals surface area contributed by atoms with Gasteiger partial charge in [-0.1, -0.05) is 16.8 Å². The normalized spacial score (nSPS) is 10.3. The molecule has 2 rings (SSSR count). The molecule has 6 nitrogen and oxygen atoms in total. The summed E-state index contributed by atoms with van der Waals surface area (Å²) in [5.74, 6) is 0.980. The standard InChI is InChI=1S/C13H14ClN3O3/c1-8-13(19-2)10(5-6-15-8)16-12(18)4-3-9-7-11(14)17-20-9/h5-7H,3-4H2,1-2H3,(H,15,16,18). The van der Waals surface area contributed by atoms with Crippen molar-refractivity contribution in [2.75, 3.05) is 12.4 Å². The largest absolute Gasteiger partial charge is 0.493 e. The van der Waals surface area contributed by atoms with Crippen molar-refractivity contribution in [2.45, 2.75) is 19.8 Å². The van der Waals surface area contributed by atoms with Crippen molar-refractivity contribution < 1.29 is 14.1 Å². The summed E-state index contributed by atoms with van der Waals surface area (Å²) in [5, 5.41) is 6.61. The van der Waals surface area contributed by atoms with Crippen molar-refractivity contribution in [1.82, 2.24) is 10.1 Å². The fourth-order valence-electron chi connectivity index (χ4n) is 1.76. The van der Waals surface area contributed by atoms with Gasteiger partial charge < -0.3 is 14.6 Å². The maximum absolute atomic E-state index is 11.9. The molecule has 0 aromatic carbocycles. The van der Waals surface area contributed by atoms with Crippen molar-refractivity contribution in [3.8, 4) is 5.75 Å². The highest BCUT2D eigenvalue weighted by molar-refractivity contribution is 6.29. The first-order valence-electron chi connectivity index (χ1n) is 6.00. The average molecular weight is 296 g/mol. The van der Waals surface area contributed by atoms with Gasteiger partial charge in [-0.15, -0.1) is 0 Å². The zero-order valence-corrected chi connectivity index (χ0v) is 11.9. The summed E-state index contributed by atoms with van der Waals surface area (Å²) in [7, 11) is 1.54. The molecule has 0 spiro atoms. The molecule has 106 valence electrons. The van der Waals surface area contributed by atoms with E-state index in [9.17, 15) is 4.79 Å². The number of nitrogens with zero attached hydrogens (tertiary/aromatic N) is 2. The number of ether oxygens (including phenoxy) is 1. The van der Waals surface area contributed by atoms with Crippen LogP contribution >= 0.6 is 11.6 Å². The van der Waals surface area contributed by atoms with Gasteiger partial charge >= 0.3 is 0 Å². The van der Waals surface area contributed by atoms with Crippen LogP contribution in [0.25, 0.3) is 0 Å². The highest BCUT2D eigenvalue weighted by atomic mass is 35.5. The van der Waals surface area contributed by atoms with E-state index < -0.39 is 0 Å². The molecule has 0 fully saturated rings. The van der Waals surface area contributed by atoms with Gasteiger partial charge in [0.15, 0.2) is 10.9 Å². The number of hydrogen-bond acceptors (Lipinski definition) is 5. The molecule has 0 saturated heterocycles. The van der Waals surface area contributed by atoms with Gasteiger partial charge in [0.05, 0.1) is 18.5 Å². The highest BCUT2D eigenvalue weighted by Gasteiger charge is 2.11. The number of anilines is 1. The lowest BCUT2D eigenvalue weighted by molar-refractivity contribution is -0.116. The number of rotatable bonds is 5. The van der Waals surface area contributed by atoms with Crippen molar-refractivity contribution in [1.29, 1.82) is 0 Å². The number of pyridine rings is 1. The van der Waals surface area contributed by atoms with Crippen LogP contribution in [-0.2, 0) is 11.2 Å². The van der Waals surface area contributed by atoms with Gasteiger partial charge in [0, 0.05) is 25.1 Å². The number of nitrogens with one attached hydrogen (secondary N) is 1. The number of aromatic nitrogens is 2. The number of methoxy groups -OCH3 is 1. The smallest absolute Gasteiger partial charge is 0.224 e. The molecule has 0 atom stereocenters. The first-order valence-corrected chi connectivity index (χ1v) is 6.38. The van der Waals surface area contributed by atoms with Crippen molar-refractivity contribution in [2.24, 2.45) is 0 Å². The summed E-state index contributed by atoms with van der Waals surface area (Å²) < 4.78 is 10.2. The number of hydrogen-bond donors (Lipinski definition) is 1. The number of amides is 1. The number of halogens is 1. The van der Waals surface area contributed by atoms with E-state index >= 15 is 0 Å². The maximum Gasteiger partial charge on any atom is 0.224 e. The molecule has 0 bridgehead atoms. The van der Waals surface area contributed by atoms with E-state index in [1.165, 1.54) is 7.11 Å². The van der Waals surface area contributed by atoms with Crippen LogP contribution in [0.2, 0.25) is 5.15 Å². The van der Waals surface area contributed by atoms with Crippen molar-refractivity contribution in [3.63, 3.8) is 0 Å². The fraction of sp³-hybridized carbons (Fsp3) is 0.308. The summed E-state index contributed by atoms with van der Waals surface area (Å²) >= 11 is 5.63. The molecule has 20 heavy (non-hydrogen) atoms. The third kappa shape index (κ3) is 3.48. The molecule has 2 aromatic heterocycles.